The van der Waals surface area contributed by atoms with Gasteiger partial charge in [-0.1, -0.05) is 0 Å². The Balaban J connectivity index is 2.21. The maximum atomic E-state index is 5.50. The number of hydrogen-bond donors (Lipinski definition) is 1. The van der Waals surface area contributed by atoms with E-state index in [2.05, 4.69) is 35.1 Å². The van der Waals surface area contributed by atoms with Crippen LogP contribution in [-0.2, 0) is 0 Å². The van der Waals surface area contributed by atoms with Gasteiger partial charge >= 0.3 is 0 Å². The van der Waals surface area contributed by atoms with Crippen molar-refractivity contribution in [3.63, 3.8) is 0 Å². The maximum Gasteiger partial charge on any atom is 0.160 e. The van der Waals surface area contributed by atoms with Crippen molar-refractivity contribution in [1.82, 2.24) is 10.3 Å². The second-order valence-corrected chi connectivity index (χ2v) is 5.96. The van der Waals surface area contributed by atoms with Crippen molar-refractivity contribution in [1.29, 1.82) is 0 Å². The molecule has 1 aromatic heterocycles. The fourth-order valence-corrected chi connectivity index (χ4v) is 2.86. The largest absolute Gasteiger partial charge is 0.493 e. The predicted molar refractivity (Wildman–Crippen MR) is 83.6 cm³/mol. The molecular weight excluding hydrogens is 250 g/mol. The van der Waals surface area contributed by atoms with Gasteiger partial charge in [0.15, 0.2) is 5.75 Å². The number of nitrogens with one attached hydrogen (secondary N) is 1. The summed E-state index contributed by atoms with van der Waals surface area (Å²) in [4.78, 5) is 6.78. The fraction of sp³-hybridized carbons (Fsp3) is 0.688. The molecule has 2 rings (SSSR count). The van der Waals surface area contributed by atoms with Gasteiger partial charge in [0.2, 0.25) is 0 Å². The summed E-state index contributed by atoms with van der Waals surface area (Å²) in [5, 5.41) is 3.50. The summed E-state index contributed by atoms with van der Waals surface area (Å²) in [6.45, 7) is 9.87. The normalized spacial score (nSPS) is 19.1. The minimum absolute atomic E-state index is 0.452. The highest BCUT2D eigenvalue weighted by Gasteiger charge is 2.21. The van der Waals surface area contributed by atoms with Crippen molar-refractivity contribution in [2.24, 2.45) is 5.92 Å². The van der Waals surface area contributed by atoms with Gasteiger partial charge in [0, 0.05) is 18.3 Å². The van der Waals surface area contributed by atoms with Gasteiger partial charge in [0.25, 0.3) is 0 Å². The Labute approximate surface area is 122 Å². The topological polar surface area (TPSA) is 37.4 Å². The molecule has 1 aromatic rings. The molecule has 1 N–H and O–H groups in total. The molecule has 2 heterocycles. The van der Waals surface area contributed by atoms with E-state index in [1.165, 1.54) is 18.5 Å². The molecule has 1 atom stereocenters. The molecule has 0 aromatic carbocycles. The van der Waals surface area contributed by atoms with E-state index in [9.17, 15) is 0 Å². The first-order valence-corrected chi connectivity index (χ1v) is 7.59. The standard InChI is InChI=1S/C16H27N3O/c1-12(2)19(11-14-6-5-7-17-9-14)15-8-13(3)18-10-16(15)20-4/h8,10,12,14,17H,5-7,9,11H2,1-4H3. The Morgan fingerprint density at radius 3 is 2.90 bits per heavy atom. The Morgan fingerprint density at radius 2 is 2.30 bits per heavy atom. The number of nitrogens with zero attached hydrogens (tertiary/aromatic N) is 2. The average molecular weight is 277 g/mol. The molecule has 1 aliphatic heterocycles. The summed E-state index contributed by atoms with van der Waals surface area (Å²) in [5.74, 6) is 1.58. The van der Waals surface area contributed by atoms with Crippen molar-refractivity contribution in [3.8, 4) is 5.75 Å². The van der Waals surface area contributed by atoms with Gasteiger partial charge in [-0.3, -0.25) is 4.98 Å². The number of piperidine rings is 1. The van der Waals surface area contributed by atoms with Crippen LogP contribution in [0.15, 0.2) is 12.3 Å². The molecule has 4 nitrogen and oxygen atoms in total. The summed E-state index contributed by atoms with van der Waals surface area (Å²) in [6.07, 6.45) is 4.42. The van der Waals surface area contributed by atoms with Gasteiger partial charge in [0.1, 0.15) is 0 Å². The van der Waals surface area contributed by atoms with Crippen molar-refractivity contribution in [2.75, 3.05) is 31.6 Å². The zero-order chi connectivity index (χ0) is 14.5. The van der Waals surface area contributed by atoms with Crippen LogP contribution in [0.3, 0.4) is 0 Å². The first-order valence-electron chi connectivity index (χ1n) is 7.59. The number of pyridine rings is 1. The maximum absolute atomic E-state index is 5.50. The number of ether oxygens (including phenoxy) is 1. The monoisotopic (exact) mass is 277 g/mol. The molecule has 1 saturated heterocycles. The predicted octanol–water partition coefficient (Wildman–Crippen LogP) is 2.61. The Bertz CT molecular complexity index is 428. The molecule has 0 aliphatic carbocycles. The first-order chi connectivity index (χ1) is 9.61. The molecular formula is C16H27N3O. The van der Waals surface area contributed by atoms with Gasteiger partial charge in [-0.2, -0.15) is 0 Å². The Hall–Kier alpha value is -1.29. The highest BCUT2D eigenvalue weighted by atomic mass is 16.5. The molecule has 4 heteroatoms. The second kappa shape index (κ2) is 6.93. The molecule has 1 aliphatic rings. The van der Waals surface area contributed by atoms with Gasteiger partial charge in [-0.05, 0) is 58.7 Å². The average Bonchev–Trinajstić information content (AvgIpc) is 2.45. The quantitative estimate of drug-likeness (QED) is 0.898. The number of methoxy groups -OCH3 is 1. The fourth-order valence-electron chi connectivity index (χ4n) is 2.86. The second-order valence-electron chi connectivity index (χ2n) is 5.96. The van der Waals surface area contributed by atoms with Crippen LogP contribution >= 0.6 is 0 Å². The third kappa shape index (κ3) is 3.63. The van der Waals surface area contributed by atoms with E-state index in [0.717, 1.165) is 31.1 Å². The third-order valence-electron chi connectivity index (χ3n) is 3.99. The number of hydrogen-bond acceptors (Lipinski definition) is 4. The van der Waals surface area contributed by atoms with E-state index >= 15 is 0 Å². The lowest BCUT2D eigenvalue weighted by molar-refractivity contribution is 0.367. The molecule has 0 radical (unpaired) electrons. The number of rotatable bonds is 5. The lowest BCUT2D eigenvalue weighted by atomic mass is 9.98. The summed E-state index contributed by atoms with van der Waals surface area (Å²) in [7, 11) is 1.72. The van der Waals surface area contributed by atoms with Crippen molar-refractivity contribution in [2.45, 2.75) is 39.7 Å². The number of aryl methyl sites for hydroxylation is 1. The number of aromatic nitrogens is 1. The molecule has 1 unspecified atom stereocenters. The van der Waals surface area contributed by atoms with Gasteiger partial charge < -0.3 is 15.0 Å². The SMILES string of the molecule is COc1cnc(C)cc1N(CC1CCCNC1)C(C)C. The Morgan fingerprint density at radius 1 is 1.50 bits per heavy atom. The van der Waals surface area contributed by atoms with Gasteiger partial charge in [-0.15, -0.1) is 0 Å². The lowest BCUT2D eigenvalue weighted by Gasteiger charge is -2.35. The van der Waals surface area contributed by atoms with Gasteiger partial charge in [-0.25, -0.2) is 0 Å². The van der Waals surface area contributed by atoms with Crippen LogP contribution in [0.5, 0.6) is 5.75 Å². The van der Waals surface area contributed by atoms with Crippen LogP contribution in [-0.4, -0.2) is 37.8 Å². The van der Waals surface area contributed by atoms with Crippen LogP contribution in [0.2, 0.25) is 0 Å². The smallest absolute Gasteiger partial charge is 0.160 e. The molecule has 0 saturated carbocycles. The Kier molecular flexibility index (Phi) is 5.24. The molecule has 1 fully saturated rings. The first kappa shape index (κ1) is 15.1. The van der Waals surface area contributed by atoms with Crippen LogP contribution in [0.25, 0.3) is 0 Å². The van der Waals surface area contributed by atoms with Crippen LogP contribution in [0.1, 0.15) is 32.4 Å². The highest BCUT2D eigenvalue weighted by Crippen LogP contribution is 2.30. The molecule has 20 heavy (non-hydrogen) atoms. The lowest BCUT2D eigenvalue weighted by Crippen LogP contribution is -2.41. The van der Waals surface area contributed by atoms with E-state index in [-0.39, 0.29) is 0 Å². The van der Waals surface area contributed by atoms with Crippen LogP contribution in [0.4, 0.5) is 5.69 Å². The van der Waals surface area contributed by atoms with Gasteiger partial charge in [0.05, 0.1) is 19.0 Å². The zero-order valence-electron chi connectivity index (χ0n) is 13.1. The van der Waals surface area contributed by atoms with E-state index in [4.69, 9.17) is 4.74 Å². The van der Waals surface area contributed by atoms with E-state index in [0.29, 0.717) is 12.0 Å². The molecule has 112 valence electrons. The summed E-state index contributed by atoms with van der Waals surface area (Å²) in [6, 6.07) is 2.59. The zero-order valence-corrected chi connectivity index (χ0v) is 13.1. The number of anilines is 1. The minimum atomic E-state index is 0.452. The van der Waals surface area contributed by atoms with Crippen LogP contribution < -0.4 is 15.0 Å². The summed E-state index contributed by atoms with van der Waals surface area (Å²) < 4.78 is 5.50. The van der Waals surface area contributed by atoms with E-state index < -0.39 is 0 Å². The van der Waals surface area contributed by atoms with Crippen LogP contribution in [0, 0.1) is 12.8 Å². The minimum Gasteiger partial charge on any atom is -0.493 e. The van der Waals surface area contributed by atoms with Crippen molar-refractivity contribution >= 4 is 5.69 Å². The third-order valence-corrected chi connectivity index (χ3v) is 3.99. The van der Waals surface area contributed by atoms with Crippen molar-refractivity contribution < 1.29 is 4.74 Å². The van der Waals surface area contributed by atoms with E-state index in [1.54, 1.807) is 7.11 Å². The highest BCUT2D eigenvalue weighted by molar-refractivity contribution is 5.58. The van der Waals surface area contributed by atoms with Crippen molar-refractivity contribution in [3.05, 3.63) is 18.0 Å². The molecule has 0 bridgehead atoms. The summed E-state index contributed by atoms with van der Waals surface area (Å²) >= 11 is 0. The summed E-state index contributed by atoms with van der Waals surface area (Å²) in [5.41, 5.74) is 2.20. The van der Waals surface area contributed by atoms with E-state index in [1.807, 2.05) is 13.1 Å². The molecule has 0 spiro atoms. The molecule has 0 amide bonds.